The van der Waals surface area contributed by atoms with Gasteiger partial charge in [-0.2, -0.15) is 10.2 Å². The number of nitrogens with one attached hydrogen (secondary N) is 1. The van der Waals surface area contributed by atoms with E-state index in [0.717, 1.165) is 24.6 Å². The summed E-state index contributed by atoms with van der Waals surface area (Å²) < 4.78 is 3.21. The molecule has 0 atom stereocenters. The van der Waals surface area contributed by atoms with Crippen LogP contribution in [0.1, 0.15) is 26.6 Å². The first kappa shape index (κ1) is 14.2. The van der Waals surface area contributed by atoms with Crippen LogP contribution in [0.5, 0.6) is 0 Å². The maximum Gasteiger partial charge on any atom is 0.269 e. The molecule has 0 bridgehead atoms. The van der Waals surface area contributed by atoms with Crippen LogP contribution < -0.4 is 10.9 Å². The van der Waals surface area contributed by atoms with Gasteiger partial charge in [-0.05, 0) is 12.8 Å². The van der Waals surface area contributed by atoms with Gasteiger partial charge in [0.15, 0.2) is 0 Å². The van der Waals surface area contributed by atoms with Crippen LogP contribution in [0.3, 0.4) is 0 Å². The maximum absolute atomic E-state index is 12.0. The van der Waals surface area contributed by atoms with Gasteiger partial charge in [-0.1, -0.05) is 13.8 Å². The first-order valence-electron chi connectivity index (χ1n) is 6.78. The normalized spacial score (nSPS) is 11.0. The van der Waals surface area contributed by atoms with Crippen LogP contribution in [-0.4, -0.2) is 31.1 Å². The molecule has 0 aliphatic rings. The quantitative estimate of drug-likeness (QED) is 0.850. The van der Waals surface area contributed by atoms with Gasteiger partial charge in [-0.3, -0.25) is 4.79 Å². The third kappa shape index (κ3) is 3.43. The van der Waals surface area contributed by atoms with E-state index >= 15 is 0 Å². The van der Waals surface area contributed by atoms with Crippen molar-refractivity contribution in [2.45, 2.75) is 33.9 Å². The highest BCUT2D eigenvalue weighted by Crippen LogP contribution is 2.03. The fourth-order valence-corrected chi connectivity index (χ4v) is 1.90. The minimum Gasteiger partial charge on any atom is -0.384 e. The second kappa shape index (κ2) is 6.31. The second-order valence-electron chi connectivity index (χ2n) is 5.02. The molecule has 108 valence electrons. The molecule has 0 aliphatic carbocycles. The van der Waals surface area contributed by atoms with Crippen LogP contribution in [0.4, 0.5) is 5.69 Å². The molecule has 0 radical (unpaired) electrons. The summed E-state index contributed by atoms with van der Waals surface area (Å²) in [5.41, 5.74) is 0.583. The molecule has 2 heterocycles. The summed E-state index contributed by atoms with van der Waals surface area (Å²) in [5, 5.41) is 11.4. The molecule has 0 spiro atoms. The SMILES string of the molecule is CCNc1cnn(Cc2ncnn2CC(C)C)c(=O)c1. The Bertz CT molecular complexity index is 615. The molecule has 1 N–H and O–H groups in total. The summed E-state index contributed by atoms with van der Waals surface area (Å²) in [6.45, 7) is 8.06. The minimum absolute atomic E-state index is 0.150. The van der Waals surface area contributed by atoms with Gasteiger partial charge >= 0.3 is 0 Å². The van der Waals surface area contributed by atoms with Crippen molar-refractivity contribution in [3.8, 4) is 0 Å². The number of hydrogen-bond donors (Lipinski definition) is 1. The molecule has 0 fully saturated rings. The standard InChI is InChI=1S/C13H20N6O/c1-4-14-11-5-13(20)19(16-6-11)8-12-15-9-17-18(12)7-10(2)3/h5-6,9-10,14H,4,7-8H2,1-3H3. The lowest BCUT2D eigenvalue weighted by molar-refractivity contribution is 0.453. The van der Waals surface area contributed by atoms with Crippen LogP contribution in [0.2, 0.25) is 0 Å². The molecule has 2 aromatic heterocycles. The Morgan fingerprint density at radius 2 is 2.10 bits per heavy atom. The summed E-state index contributed by atoms with van der Waals surface area (Å²) in [4.78, 5) is 16.2. The molecule has 0 amide bonds. The fourth-order valence-electron chi connectivity index (χ4n) is 1.90. The Balaban J connectivity index is 2.18. The van der Waals surface area contributed by atoms with E-state index in [0.29, 0.717) is 12.5 Å². The molecule has 0 unspecified atom stereocenters. The summed E-state index contributed by atoms with van der Waals surface area (Å²) in [7, 11) is 0. The zero-order chi connectivity index (χ0) is 14.5. The summed E-state index contributed by atoms with van der Waals surface area (Å²) in [6.07, 6.45) is 3.16. The minimum atomic E-state index is -0.150. The van der Waals surface area contributed by atoms with Crippen LogP contribution in [-0.2, 0) is 13.1 Å². The monoisotopic (exact) mass is 276 g/mol. The van der Waals surface area contributed by atoms with Gasteiger partial charge in [0.05, 0.1) is 11.9 Å². The third-order valence-corrected chi connectivity index (χ3v) is 2.78. The van der Waals surface area contributed by atoms with Gasteiger partial charge in [-0.25, -0.2) is 14.3 Å². The van der Waals surface area contributed by atoms with Crippen molar-refractivity contribution in [2.24, 2.45) is 5.92 Å². The van der Waals surface area contributed by atoms with Crippen LogP contribution in [0.25, 0.3) is 0 Å². The summed E-state index contributed by atoms with van der Waals surface area (Å²) >= 11 is 0. The van der Waals surface area contributed by atoms with Gasteiger partial charge in [0.1, 0.15) is 18.7 Å². The first-order valence-corrected chi connectivity index (χ1v) is 6.78. The van der Waals surface area contributed by atoms with Crippen LogP contribution >= 0.6 is 0 Å². The van der Waals surface area contributed by atoms with Crippen LogP contribution in [0, 0.1) is 5.92 Å². The van der Waals surface area contributed by atoms with Crippen molar-refractivity contribution in [1.29, 1.82) is 0 Å². The van der Waals surface area contributed by atoms with Crippen molar-refractivity contribution >= 4 is 5.69 Å². The molecule has 2 rings (SSSR count). The lowest BCUT2D eigenvalue weighted by atomic mass is 10.2. The zero-order valence-electron chi connectivity index (χ0n) is 12.1. The zero-order valence-corrected chi connectivity index (χ0v) is 12.1. The average molecular weight is 276 g/mol. The first-order chi connectivity index (χ1) is 9.60. The predicted octanol–water partition coefficient (Wildman–Crippen LogP) is 0.971. The Labute approximate surface area is 117 Å². The number of aromatic nitrogens is 5. The van der Waals surface area contributed by atoms with E-state index in [1.54, 1.807) is 12.3 Å². The lowest BCUT2D eigenvalue weighted by Gasteiger charge is -2.09. The van der Waals surface area contributed by atoms with Crippen molar-refractivity contribution < 1.29 is 0 Å². The topological polar surface area (TPSA) is 77.6 Å². The molecular formula is C13H20N6O. The molecule has 7 heteroatoms. The second-order valence-corrected chi connectivity index (χ2v) is 5.02. The molecule has 20 heavy (non-hydrogen) atoms. The van der Waals surface area contributed by atoms with Gasteiger partial charge in [0, 0.05) is 19.2 Å². The fraction of sp³-hybridized carbons (Fsp3) is 0.538. The number of nitrogens with zero attached hydrogens (tertiary/aromatic N) is 5. The highest BCUT2D eigenvalue weighted by Gasteiger charge is 2.08. The Hall–Kier alpha value is -2.18. The predicted molar refractivity (Wildman–Crippen MR) is 76.6 cm³/mol. The van der Waals surface area contributed by atoms with Crippen molar-refractivity contribution in [2.75, 3.05) is 11.9 Å². The average Bonchev–Trinajstić information content (AvgIpc) is 2.79. The number of anilines is 1. The third-order valence-electron chi connectivity index (χ3n) is 2.78. The summed E-state index contributed by atoms with van der Waals surface area (Å²) in [5.74, 6) is 1.21. The summed E-state index contributed by atoms with van der Waals surface area (Å²) in [6, 6.07) is 1.54. The van der Waals surface area contributed by atoms with E-state index < -0.39 is 0 Å². The largest absolute Gasteiger partial charge is 0.384 e. The van der Waals surface area contributed by atoms with Crippen molar-refractivity contribution in [3.63, 3.8) is 0 Å². The molecule has 0 saturated heterocycles. The van der Waals surface area contributed by atoms with E-state index in [1.165, 1.54) is 11.0 Å². The van der Waals surface area contributed by atoms with Gasteiger partial charge in [-0.15, -0.1) is 0 Å². The molecule has 7 nitrogen and oxygen atoms in total. The number of hydrogen-bond acceptors (Lipinski definition) is 5. The van der Waals surface area contributed by atoms with E-state index in [4.69, 9.17) is 0 Å². The molecule has 0 aliphatic heterocycles. The maximum atomic E-state index is 12.0. The smallest absolute Gasteiger partial charge is 0.269 e. The Morgan fingerprint density at radius 3 is 2.75 bits per heavy atom. The van der Waals surface area contributed by atoms with Gasteiger partial charge in [0.25, 0.3) is 5.56 Å². The van der Waals surface area contributed by atoms with Crippen LogP contribution in [0.15, 0.2) is 23.4 Å². The highest BCUT2D eigenvalue weighted by atomic mass is 16.1. The van der Waals surface area contributed by atoms with Crippen molar-refractivity contribution in [3.05, 3.63) is 34.8 Å². The van der Waals surface area contributed by atoms with Gasteiger partial charge < -0.3 is 5.32 Å². The van der Waals surface area contributed by atoms with E-state index in [1.807, 2.05) is 11.6 Å². The molecule has 0 saturated carbocycles. The lowest BCUT2D eigenvalue weighted by Crippen LogP contribution is -2.25. The molecular weight excluding hydrogens is 256 g/mol. The molecule has 2 aromatic rings. The molecule has 0 aromatic carbocycles. The Morgan fingerprint density at radius 1 is 1.30 bits per heavy atom. The Kier molecular flexibility index (Phi) is 4.49. The van der Waals surface area contributed by atoms with E-state index in [-0.39, 0.29) is 5.56 Å². The van der Waals surface area contributed by atoms with E-state index in [9.17, 15) is 4.79 Å². The van der Waals surface area contributed by atoms with E-state index in [2.05, 4.69) is 34.3 Å². The highest BCUT2D eigenvalue weighted by molar-refractivity contribution is 5.38. The van der Waals surface area contributed by atoms with Gasteiger partial charge in [0.2, 0.25) is 0 Å². The number of rotatable bonds is 6. The van der Waals surface area contributed by atoms with Crippen molar-refractivity contribution in [1.82, 2.24) is 24.5 Å².